The average molecular weight is 302 g/mol. The third-order valence-corrected chi connectivity index (χ3v) is 4.50. The summed E-state index contributed by atoms with van der Waals surface area (Å²) in [6, 6.07) is -0.123. The van der Waals surface area contributed by atoms with Gasteiger partial charge < -0.3 is 15.3 Å². The smallest absolute Gasteiger partial charge is 0.317 e. The van der Waals surface area contributed by atoms with Gasteiger partial charge in [-0.3, -0.25) is 4.79 Å². The minimum absolute atomic E-state index is 0.123. The highest BCUT2D eigenvalue weighted by Crippen LogP contribution is 2.29. The number of nitrogens with zero attached hydrogens (tertiary/aromatic N) is 1. The number of thioether (sulfide) groups is 1. The molecule has 20 heavy (non-hydrogen) atoms. The van der Waals surface area contributed by atoms with Crippen molar-refractivity contribution in [1.82, 2.24) is 10.2 Å². The van der Waals surface area contributed by atoms with Gasteiger partial charge in [-0.15, -0.1) is 0 Å². The molecule has 0 spiro atoms. The van der Waals surface area contributed by atoms with E-state index in [0.717, 1.165) is 25.0 Å². The fraction of sp³-hybridized carbons (Fsp3) is 0.857. The molecular formula is C14H26N2O3S. The van der Waals surface area contributed by atoms with Crippen LogP contribution in [0.1, 0.15) is 39.0 Å². The molecule has 116 valence electrons. The molecule has 0 aliphatic carbocycles. The molecule has 1 atom stereocenters. The Bertz CT molecular complexity index is 338. The van der Waals surface area contributed by atoms with E-state index in [1.807, 2.05) is 11.8 Å². The minimum atomic E-state index is -0.813. The number of carbonyl (C=O) groups is 2. The number of amides is 2. The molecule has 0 bridgehead atoms. The number of carboxylic acids is 1. The van der Waals surface area contributed by atoms with Crippen LogP contribution in [0.2, 0.25) is 0 Å². The summed E-state index contributed by atoms with van der Waals surface area (Å²) in [7, 11) is 0. The van der Waals surface area contributed by atoms with E-state index >= 15 is 0 Å². The first-order valence-corrected chi connectivity index (χ1v) is 8.64. The van der Waals surface area contributed by atoms with E-state index in [2.05, 4.69) is 11.6 Å². The van der Waals surface area contributed by atoms with Gasteiger partial charge in [0.15, 0.2) is 0 Å². The predicted octanol–water partition coefficient (Wildman–Crippen LogP) is 2.42. The summed E-state index contributed by atoms with van der Waals surface area (Å²) >= 11 is 1.84. The maximum absolute atomic E-state index is 12.0. The number of aliphatic carboxylic acids is 1. The van der Waals surface area contributed by atoms with Crippen molar-refractivity contribution in [3.63, 3.8) is 0 Å². The first kappa shape index (κ1) is 17.1. The quantitative estimate of drug-likeness (QED) is 0.709. The zero-order chi connectivity index (χ0) is 15.0. The number of urea groups is 1. The standard InChI is InChI=1S/C14H26N2O3S/c1-14(12(17)18)7-6-9-16(11-14)13(19)15-8-4-3-5-10-20-2/h3-11H2,1-2H3,(H,15,19)(H,17,18). The first-order chi connectivity index (χ1) is 9.49. The molecule has 1 unspecified atom stereocenters. The van der Waals surface area contributed by atoms with Crippen molar-refractivity contribution >= 4 is 23.8 Å². The molecule has 0 saturated carbocycles. The lowest BCUT2D eigenvalue weighted by Crippen LogP contribution is -2.51. The second-order valence-corrected chi connectivity index (χ2v) is 6.66. The molecule has 0 aromatic carbocycles. The summed E-state index contributed by atoms with van der Waals surface area (Å²) in [6.45, 7) is 3.35. The molecule has 1 saturated heterocycles. The number of nitrogens with one attached hydrogen (secondary N) is 1. The number of likely N-dealkylation sites (tertiary alicyclic amines) is 1. The topological polar surface area (TPSA) is 69.6 Å². The van der Waals surface area contributed by atoms with E-state index in [9.17, 15) is 14.7 Å². The Morgan fingerprint density at radius 3 is 2.75 bits per heavy atom. The van der Waals surface area contributed by atoms with Crippen molar-refractivity contribution in [2.75, 3.05) is 31.6 Å². The van der Waals surface area contributed by atoms with Crippen LogP contribution in [0.5, 0.6) is 0 Å². The molecule has 2 amide bonds. The Hall–Kier alpha value is -0.910. The first-order valence-electron chi connectivity index (χ1n) is 7.25. The van der Waals surface area contributed by atoms with Crippen LogP contribution in [-0.4, -0.2) is 53.6 Å². The molecule has 0 aromatic rings. The van der Waals surface area contributed by atoms with Gasteiger partial charge in [0, 0.05) is 19.6 Å². The van der Waals surface area contributed by atoms with Crippen LogP contribution in [0.15, 0.2) is 0 Å². The van der Waals surface area contributed by atoms with E-state index in [1.165, 1.54) is 6.42 Å². The van der Waals surface area contributed by atoms with Gasteiger partial charge in [0.05, 0.1) is 5.41 Å². The van der Waals surface area contributed by atoms with Crippen molar-refractivity contribution in [2.45, 2.75) is 39.0 Å². The molecule has 0 aromatic heterocycles. The number of hydrogen-bond donors (Lipinski definition) is 2. The van der Waals surface area contributed by atoms with Gasteiger partial charge in [0.1, 0.15) is 0 Å². The number of carboxylic acid groups (broad SMARTS) is 1. The molecule has 6 heteroatoms. The molecule has 1 aliphatic rings. The maximum atomic E-state index is 12.0. The Morgan fingerprint density at radius 2 is 2.10 bits per heavy atom. The normalized spacial score (nSPS) is 22.6. The van der Waals surface area contributed by atoms with E-state index in [4.69, 9.17) is 0 Å². The second-order valence-electron chi connectivity index (χ2n) is 5.68. The van der Waals surface area contributed by atoms with Crippen molar-refractivity contribution < 1.29 is 14.7 Å². The SMILES string of the molecule is CSCCCCCNC(=O)N1CCCC(C)(C(=O)O)C1. The van der Waals surface area contributed by atoms with Crippen LogP contribution in [-0.2, 0) is 4.79 Å². The van der Waals surface area contributed by atoms with Crippen LogP contribution in [0.3, 0.4) is 0 Å². The van der Waals surface area contributed by atoms with Crippen LogP contribution in [0.25, 0.3) is 0 Å². The van der Waals surface area contributed by atoms with Gasteiger partial charge in [0.25, 0.3) is 0 Å². The van der Waals surface area contributed by atoms with E-state index in [1.54, 1.807) is 11.8 Å². The second kappa shape index (κ2) is 8.39. The van der Waals surface area contributed by atoms with Gasteiger partial charge in [-0.25, -0.2) is 4.79 Å². The third-order valence-electron chi connectivity index (χ3n) is 3.80. The summed E-state index contributed by atoms with van der Waals surface area (Å²) in [5.74, 6) is 0.351. The molecule has 1 rings (SSSR count). The van der Waals surface area contributed by atoms with Crippen LogP contribution in [0.4, 0.5) is 4.79 Å². The highest BCUT2D eigenvalue weighted by Gasteiger charge is 2.39. The fourth-order valence-electron chi connectivity index (χ4n) is 2.44. The van der Waals surface area contributed by atoms with E-state index in [0.29, 0.717) is 26.1 Å². The molecular weight excluding hydrogens is 276 g/mol. The highest BCUT2D eigenvalue weighted by atomic mass is 32.2. The summed E-state index contributed by atoms with van der Waals surface area (Å²) in [4.78, 5) is 24.9. The zero-order valence-electron chi connectivity index (χ0n) is 12.5. The Morgan fingerprint density at radius 1 is 1.35 bits per heavy atom. The monoisotopic (exact) mass is 302 g/mol. The Kier molecular flexibility index (Phi) is 7.19. The largest absolute Gasteiger partial charge is 0.481 e. The van der Waals surface area contributed by atoms with Gasteiger partial charge in [-0.1, -0.05) is 6.42 Å². The highest BCUT2D eigenvalue weighted by molar-refractivity contribution is 7.98. The zero-order valence-corrected chi connectivity index (χ0v) is 13.3. The predicted molar refractivity (Wildman–Crippen MR) is 82.2 cm³/mol. The van der Waals surface area contributed by atoms with Gasteiger partial charge >= 0.3 is 12.0 Å². The summed E-state index contributed by atoms with van der Waals surface area (Å²) in [5.41, 5.74) is -0.798. The van der Waals surface area contributed by atoms with Gasteiger partial charge in [0.2, 0.25) is 0 Å². The number of carbonyl (C=O) groups excluding carboxylic acids is 1. The van der Waals surface area contributed by atoms with Crippen LogP contribution in [0, 0.1) is 5.41 Å². The van der Waals surface area contributed by atoms with Gasteiger partial charge in [-0.05, 0) is 44.6 Å². The molecule has 1 aliphatic heterocycles. The lowest BCUT2D eigenvalue weighted by atomic mass is 9.82. The minimum Gasteiger partial charge on any atom is -0.481 e. The van der Waals surface area contributed by atoms with E-state index < -0.39 is 11.4 Å². The lowest BCUT2D eigenvalue weighted by molar-refractivity contribution is -0.150. The molecule has 0 radical (unpaired) electrons. The van der Waals surface area contributed by atoms with Crippen LogP contribution < -0.4 is 5.32 Å². The third kappa shape index (κ3) is 5.23. The van der Waals surface area contributed by atoms with Crippen molar-refractivity contribution in [3.05, 3.63) is 0 Å². The molecule has 2 N–H and O–H groups in total. The van der Waals surface area contributed by atoms with Crippen molar-refractivity contribution in [3.8, 4) is 0 Å². The number of hydrogen-bond acceptors (Lipinski definition) is 3. The summed E-state index contributed by atoms with van der Waals surface area (Å²) in [5, 5.41) is 12.1. The van der Waals surface area contributed by atoms with E-state index in [-0.39, 0.29) is 6.03 Å². The van der Waals surface area contributed by atoms with Crippen molar-refractivity contribution in [2.24, 2.45) is 5.41 Å². The number of rotatable bonds is 7. The van der Waals surface area contributed by atoms with Crippen LogP contribution >= 0.6 is 11.8 Å². The maximum Gasteiger partial charge on any atom is 0.317 e. The molecule has 1 fully saturated rings. The summed E-state index contributed by atoms with van der Waals surface area (Å²) in [6.07, 6.45) is 6.77. The van der Waals surface area contributed by atoms with Gasteiger partial charge in [-0.2, -0.15) is 11.8 Å². The van der Waals surface area contributed by atoms with Crippen molar-refractivity contribution in [1.29, 1.82) is 0 Å². The molecule has 1 heterocycles. The summed E-state index contributed by atoms with van der Waals surface area (Å²) < 4.78 is 0. The number of piperidine rings is 1. The lowest BCUT2D eigenvalue weighted by Gasteiger charge is -2.37. The Balaban J connectivity index is 2.27. The molecule has 5 nitrogen and oxygen atoms in total. The number of unbranched alkanes of at least 4 members (excludes halogenated alkanes) is 2. The Labute approximate surface area is 125 Å². The average Bonchev–Trinajstić information content (AvgIpc) is 2.42. The fourth-order valence-corrected chi connectivity index (χ4v) is 2.94.